The molecule has 1 amide bonds. The lowest BCUT2D eigenvalue weighted by molar-refractivity contribution is -0.119. The Labute approximate surface area is 119 Å². The Bertz CT molecular complexity index is 822. The van der Waals surface area contributed by atoms with Crippen LogP contribution in [0, 0.1) is 6.92 Å². The Balaban J connectivity index is 2.14. The summed E-state index contributed by atoms with van der Waals surface area (Å²) in [6.45, 7) is 1.69. The number of carbonyl (C=O) groups excluding carboxylic acids is 2. The second-order valence-electron chi connectivity index (χ2n) is 5.17. The van der Waals surface area contributed by atoms with E-state index in [1.54, 1.807) is 25.1 Å². The van der Waals surface area contributed by atoms with Crippen molar-refractivity contribution >= 4 is 28.3 Å². The zero-order valence-corrected chi connectivity index (χ0v) is 11.4. The van der Waals surface area contributed by atoms with Gasteiger partial charge < -0.3 is 15.5 Å². The highest BCUT2D eigenvalue weighted by Crippen LogP contribution is 2.23. The lowest BCUT2D eigenvalue weighted by Gasteiger charge is -2.11. The Morgan fingerprint density at radius 2 is 2.14 bits per heavy atom. The van der Waals surface area contributed by atoms with Crippen molar-refractivity contribution in [3.05, 3.63) is 39.7 Å². The van der Waals surface area contributed by atoms with E-state index in [4.69, 9.17) is 10.2 Å². The van der Waals surface area contributed by atoms with Crippen molar-refractivity contribution in [2.45, 2.75) is 25.8 Å². The summed E-state index contributed by atoms with van der Waals surface area (Å²) in [4.78, 5) is 35.8. The number of hydrogen-bond acceptors (Lipinski definition) is 5. The van der Waals surface area contributed by atoms with Crippen LogP contribution in [0.4, 0.5) is 5.69 Å². The average Bonchev–Trinajstić information content (AvgIpc) is 2.84. The Kier molecular flexibility index (Phi) is 3.01. The number of fused-ring (bicyclic) bond motifs is 1. The van der Waals surface area contributed by atoms with Crippen molar-refractivity contribution in [2.75, 3.05) is 5.73 Å². The molecule has 0 bridgehead atoms. The molecule has 3 N–H and O–H groups in total. The molecule has 1 aliphatic rings. The van der Waals surface area contributed by atoms with E-state index in [0.717, 1.165) is 0 Å². The molecule has 1 aromatic carbocycles. The van der Waals surface area contributed by atoms with Gasteiger partial charge in [-0.1, -0.05) is 0 Å². The van der Waals surface area contributed by atoms with Crippen LogP contribution in [0.25, 0.3) is 11.0 Å². The molecule has 6 heteroatoms. The Hall–Kier alpha value is -2.63. The van der Waals surface area contributed by atoms with E-state index in [1.165, 1.54) is 0 Å². The van der Waals surface area contributed by atoms with Crippen LogP contribution in [0.3, 0.4) is 0 Å². The first-order valence-corrected chi connectivity index (χ1v) is 6.64. The van der Waals surface area contributed by atoms with Gasteiger partial charge in [-0.15, -0.1) is 0 Å². The van der Waals surface area contributed by atoms with E-state index in [-0.39, 0.29) is 11.5 Å². The minimum atomic E-state index is -0.697. The molecule has 0 radical (unpaired) electrons. The van der Waals surface area contributed by atoms with Crippen molar-refractivity contribution in [3.8, 4) is 0 Å². The van der Waals surface area contributed by atoms with Crippen molar-refractivity contribution in [3.63, 3.8) is 0 Å². The fourth-order valence-electron chi connectivity index (χ4n) is 2.64. The molecule has 3 rings (SSSR count). The van der Waals surface area contributed by atoms with Crippen LogP contribution in [-0.2, 0) is 4.79 Å². The number of hydrogen-bond donors (Lipinski definition) is 2. The lowest BCUT2D eigenvalue weighted by atomic mass is 9.98. The Morgan fingerprint density at radius 1 is 1.38 bits per heavy atom. The van der Waals surface area contributed by atoms with Gasteiger partial charge in [0.2, 0.25) is 5.91 Å². The molecule has 0 aliphatic carbocycles. The zero-order valence-electron chi connectivity index (χ0n) is 11.4. The fourth-order valence-corrected chi connectivity index (χ4v) is 2.64. The number of nitrogens with one attached hydrogen (secondary N) is 1. The van der Waals surface area contributed by atoms with Crippen molar-refractivity contribution in [1.82, 2.24) is 5.32 Å². The quantitative estimate of drug-likeness (QED) is 0.489. The number of ketones is 1. The third-order valence-corrected chi connectivity index (χ3v) is 3.75. The van der Waals surface area contributed by atoms with Gasteiger partial charge in [-0.25, -0.2) is 4.79 Å². The molecule has 1 atom stereocenters. The van der Waals surface area contributed by atoms with E-state index in [1.807, 2.05) is 0 Å². The van der Waals surface area contributed by atoms with E-state index in [0.29, 0.717) is 35.1 Å². The molecule has 0 unspecified atom stereocenters. The van der Waals surface area contributed by atoms with E-state index < -0.39 is 17.5 Å². The highest BCUT2D eigenvalue weighted by molar-refractivity contribution is 6.06. The fraction of sp³-hybridized carbons (Fsp3) is 0.267. The summed E-state index contributed by atoms with van der Waals surface area (Å²) >= 11 is 0. The molecule has 0 saturated carbocycles. The monoisotopic (exact) mass is 286 g/mol. The van der Waals surface area contributed by atoms with Gasteiger partial charge in [-0.2, -0.15) is 0 Å². The maximum atomic E-state index is 12.4. The minimum Gasteiger partial charge on any atom is -0.422 e. The number of amides is 1. The molecule has 2 heterocycles. The first-order chi connectivity index (χ1) is 9.97. The normalized spacial score (nSPS) is 18.0. The predicted octanol–water partition coefficient (Wildman–Crippen LogP) is 1.14. The second-order valence-corrected chi connectivity index (χ2v) is 5.17. The average molecular weight is 286 g/mol. The van der Waals surface area contributed by atoms with Crippen LogP contribution in [0.2, 0.25) is 0 Å². The maximum absolute atomic E-state index is 12.4. The van der Waals surface area contributed by atoms with Gasteiger partial charge in [-0.05, 0) is 31.0 Å². The number of rotatable bonds is 2. The summed E-state index contributed by atoms with van der Waals surface area (Å²) in [6, 6.07) is 4.30. The lowest BCUT2D eigenvalue weighted by Crippen LogP contribution is -2.36. The van der Waals surface area contributed by atoms with Crippen LogP contribution >= 0.6 is 0 Å². The molecular weight excluding hydrogens is 272 g/mol. The minimum absolute atomic E-state index is 0.000489. The van der Waals surface area contributed by atoms with Crippen LogP contribution in [-0.4, -0.2) is 17.7 Å². The number of Topliss-reactive ketones (excluding diaryl/α,β-unsaturated/α-hetero) is 1. The number of nitrogens with two attached hydrogens (primary N) is 1. The molecule has 1 aliphatic heterocycles. The zero-order chi connectivity index (χ0) is 15.1. The van der Waals surface area contributed by atoms with E-state index in [9.17, 15) is 14.4 Å². The highest BCUT2D eigenvalue weighted by atomic mass is 16.4. The summed E-state index contributed by atoms with van der Waals surface area (Å²) in [6.07, 6.45) is 0.696. The molecule has 6 nitrogen and oxygen atoms in total. The molecular formula is C15H14N2O4. The van der Waals surface area contributed by atoms with Crippen molar-refractivity contribution < 1.29 is 14.0 Å². The second kappa shape index (κ2) is 4.73. The molecule has 1 saturated heterocycles. The number of benzene rings is 1. The number of nitrogen functional groups attached to an aromatic ring is 1. The maximum Gasteiger partial charge on any atom is 0.347 e. The van der Waals surface area contributed by atoms with Crippen molar-refractivity contribution in [1.29, 1.82) is 0 Å². The Morgan fingerprint density at radius 3 is 2.81 bits per heavy atom. The SMILES string of the molecule is Cc1c(C(=O)[C@@H]2CCC(=O)N2)c(=O)oc2cc(N)ccc12. The van der Waals surface area contributed by atoms with Crippen LogP contribution in [0.5, 0.6) is 0 Å². The van der Waals surface area contributed by atoms with Gasteiger partial charge in [0, 0.05) is 23.6 Å². The van der Waals surface area contributed by atoms with Crippen LogP contribution in [0.15, 0.2) is 27.4 Å². The summed E-state index contributed by atoms with van der Waals surface area (Å²) in [5.74, 6) is -0.574. The van der Waals surface area contributed by atoms with Crippen LogP contribution < -0.4 is 16.7 Å². The number of aryl methyl sites for hydroxylation is 1. The molecule has 108 valence electrons. The number of carbonyl (C=O) groups is 2. The third kappa shape index (κ3) is 2.18. The number of anilines is 1. The first-order valence-electron chi connectivity index (χ1n) is 6.64. The predicted molar refractivity (Wildman–Crippen MR) is 77.1 cm³/mol. The van der Waals surface area contributed by atoms with Gasteiger partial charge in [0.05, 0.1) is 6.04 Å². The van der Waals surface area contributed by atoms with E-state index >= 15 is 0 Å². The van der Waals surface area contributed by atoms with E-state index in [2.05, 4.69) is 5.32 Å². The van der Waals surface area contributed by atoms with Gasteiger partial charge in [-0.3, -0.25) is 9.59 Å². The largest absolute Gasteiger partial charge is 0.422 e. The van der Waals surface area contributed by atoms with Crippen LogP contribution in [0.1, 0.15) is 28.8 Å². The molecule has 21 heavy (non-hydrogen) atoms. The molecule has 1 aromatic heterocycles. The highest BCUT2D eigenvalue weighted by Gasteiger charge is 2.31. The first kappa shape index (κ1) is 13.4. The van der Waals surface area contributed by atoms with Crippen molar-refractivity contribution in [2.24, 2.45) is 0 Å². The molecule has 0 spiro atoms. The summed E-state index contributed by atoms with van der Waals surface area (Å²) < 4.78 is 5.19. The van der Waals surface area contributed by atoms with Gasteiger partial charge >= 0.3 is 5.63 Å². The standard InChI is InChI=1S/C15H14N2O4/c1-7-9-3-2-8(16)6-11(9)21-15(20)13(7)14(19)10-4-5-12(18)17-10/h2-3,6,10H,4-5,16H2,1H3,(H,17,18)/t10-/m0/s1. The molecule has 2 aromatic rings. The summed E-state index contributed by atoms with van der Waals surface area (Å²) in [5.41, 5.74) is 6.34. The molecule has 1 fully saturated rings. The third-order valence-electron chi connectivity index (χ3n) is 3.75. The smallest absolute Gasteiger partial charge is 0.347 e. The van der Waals surface area contributed by atoms with Gasteiger partial charge in [0.25, 0.3) is 0 Å². The summed E-state index contributed by atoms with van der Waals surface area (Å²) in [7, 11) is 0. The van der Waals surface area contributed by atoms with Gasteiger partial charge in [0.1, 0.15) is 11.1 Å². The summed E-state index contributed by atoms with van der Waals surface area (Å²) in [5, 5.41) is 3.24. The topological polar surface area (TPSA) is 102 Å². The van der Waals surface area contributed by atoms with Gasteiger partial charge in [0.15, 0.2) is 5.78 Å².